The number of ether oxygens (including phenoxy) is 2. The van der Waals surface area contributed by atoms with Gasteiger partial charge in [0, 0.05) is 4.88 Å². The second kappa shape index (κ2) is 5.61. The highest BCUT2D eigenvalue weighted by molar-refractivity contribution is 7.10. The van der Waals surface area contributed by atoms with Gasteiger partial charge in [0.15, 0.2) is 11.5 Å². The average Bonchev–Trinajstić information content (AvgIpc) is 2.83. The molecule has 0 saturated carbocycles. The van der Waals surface area contributed by atoms with Crippen molar-refractivity contribution < 1.29 is 9.47 Å². The Morgan fingerprint density at radius 3 is 2.44 bits per heavy atom. The molecule has 0 bridgehead atoms. The van der Waals surface area contributed by atoms with Crippen molar-refractivity contribution in [3.8, 4) is 11.5 Å². The molecule has 5 heteroatoms. The number of benzene rings is 1. The average molecular weight is 284 g/mol. The van der Waals surface area contributed by atoms with E-state index in [4.69, 9.17) is 26.8 Å². The van der Waals surface area contributed by atoms with E-state index >= 15 is 0 Å². The molecule has 0 fully saturated rings. The first-order valence-electron chi connectivity index (χ1n) is 5.37. The van der Waals surface area contributed by atoms with Crippen molar-refractivity contribution in [3.63, 3.8) is 0 Å². The van der Waals surface area contributed by atoms with Crippen LogP contribution < -0.4 is 15.2 Å². The lowest BCUT2D eigenvalue weighted by atomic mass is 10.1. The first-order chi connectivity index (χ1) is 8.67. The number of thiophene rings is 1. The Morgan fingerprint density at radius 2 is 1.89 bits per heavy atom. The summed E-state index contributed by atoms with van der Waals surface area (Å²) in [4.78, 5) is 0.948. The fourth-order valence-electron chi connectivity index (χ4n) is 1.72. The van der Waals surface area contributed by atoms with Gasteiger partial charge >= 0.3 is 0 Å². The predicted octanol–water partition coefficient (Wildman–Crippen LogP) is 3.47. The standard InChI is InChI=1S/C13H14ClNO2S/c1-16-10-4-3-8(7-11(10)17-2)12(15)13-9(14)5-6-18-13/h3-7,12H,15H2,1-2H3. The van der Waals surface area contributed by atoms with Gasteiger partial charge in [-0.15, -0.1) is 11.3 Å². The number of halogens is 1. The van der Waals surface area contributed by atoms with E-state index in [1.165, 1.54) is 0 Å². The topological polar surface area (TPSA) is 44.5 Å². The maximum absolute atomic E-state index is 6.21. The molecule has 96 valence electrons. The van der Waals surface area contributed by atoms with Crippen LogP contribution >= 0.6 is 22.9 Å². The number of hydrogen-bond acceptors (Lipinski definition) is 4. The molecule has 0 aliphatic heterocycles. The third-order valence-electron chi connectivity index (χ3n) is 2.69. The molecule has 1 aromatic carbocycles. The van der Waals surface area contributed by atoms with E-state index in [-0.39, 0.29) is 6.04 Å². The Balaban J connectivity index is 2.37. The molecule has 2 rings (SSSR count). The van der Waals surface area contributed by atoms with Crippen LogP contribution in [0.15, 0.2) is 29.6 Å². The van der Waals surface area contributed by atoms with E-state index < -0.39 is 0 Å². The van der Waals surface area contributed by atoms with Crippen LogP contribution in [0.4, 0.5) is 0 Å². The highest BCUT2D eigenvalue weighted by Crippen LogP contribution is 2.35. The van der Waals surface area contributed by atoms with Crippen molar-refractivity contribution in [1.29, 1.82) is 0 Å². The Kier molecular flexibility index (Phi) is 4.11. The molecule has 0 aliphatic carbocycles. The summed E-state index contributed by atoms with van der Waals surface area (Å²) in [5, 5.41) is 2.63. The summed E-state index contributed by atoms with van der Waals surface area (Å²) in [6.07, 6.45) is 0. The van der Waals surface area contributed by atoms with Gasteiger partial charge in [0.1, 0.15) is 0 Å². The van der Waals surface area contributed by atoms with Crippen LogP contribution in [-0.2, 0) is 0 Å². The molecule has 2 aromatic rings. The summed E-state index contributed by atoms with van der Waals surface area (Å²) in [6, 6.07) is 7.23. The van der Waals surface area contributed by atoms with Crippen LogP contribution in [0.2, 0.25) is 5.02 Å². The molecule has 0 aliphatic rings. The molecule has 0 saturated heterocycles. The molecule has 18 heavy (non-hydrogen) atoms. The second-order valence-corrected chi connectivity index (χ2v) is 5.08. The minimum absolute atomic E-state index is 0.252. The van der Waals surface area contributed by atoms with Gasteiger partial charge in [0.25, 0.3) is 0 Å². The first kappa shape index (κ1) is 13.2. The van der Waals surface area contributed by atoms with Crippen molar-refractivity contribution in [1.82, 2.24) is 0 Å². The number of rotatable bonds is 4. The zero-order valence-electron chi connectivity index (χ0n) is 10.1. The summed E-state index contributed by atoms with van der Waals surface area (Å²) in [5.74, 6) is 1.35. The highest BCUT2D eigenvalue weighted by atomic mass is 35.5. The lowest BCUT2D eigenvalue weighted by Crippen LogP contribution is -2.10. The van der Waals surface area contributed by atoms with E-state index in [9.17, 15) is 0 Å². The Morgan fingerprint density at radius 1 is 1.17 bits per heavy atom. The van der Waals surface area contributed by atoms with E-state index in [0.29, 0.717) is 16.5 Å². The lowest BCUT2D eigenvalue weighted by Gasteiger charge is -2.14. The molecular formula is C13H14ClNO2S. The van der Waals surface area contributed by atoms with Gasteiger partial charge in [-0.2, -0.15) is 0 Å². The van der Waals surface area contributed by atoms with E-state index in [0.717, 1.165) is 10.4 Å². The van der Waals surface area contributed by atoms with Gasteiger partial charge < -0.3 is 15.2 Å². The molecule has 0 spiro atoms. The summed E-state index contributed by atoms with van der Waals surface area (Å²) < 4.78 is 10.5. The molecule has 0 radical (unpaired) electrons. The molecule has 0 amide bonds. The minimum Gasteiger partial charge on any atom is -0.493 e. The van der Waals surface area contributed by atoms with Gasteiger partial charge in [0.2, 0.25) is 0 Å². The first-order valence-corrected chi connectivity index (χ1v) is 6.63. The van der Waals surface area contributed by atoms with Crippen molar-refractivity contribution in [2.45, 2.75) is 6.04 Å². The smallest absolute Gasteiger partial charge is 0.161 e. The van der Waals surface area contributed by atoms with Crippen LogP contribution in [-0.4, -0.2) is 14.2 Å². The number of methoxy groups -OCH3 is 2. The molecule has 1 heterocycles. The fourth-order valence-corrected chi connectivity index (χ4v) is 2.93. The van der Waals surface area contributed by atoms with Gasteiger partial charge in [-0.3, -0.25) is 0 Å². The zero-order chi connectivity index (χ0) is 13.1. The van der Waals surface area contributed by atoms with Crippen LogP contribution in [0.1, 0.15) is 16.5 Å². The van der Waals surface area contributed by atoms with Crippen molar-refractivity contribution in [2.75, 3.05) is 14.2 Å². The number of nitrogens with two attached hydrogens (primary N) is 1. The normalized spacial score (nSPS) is 12.2. The van der Waals surface area contributed by atoms with Gasteiger partial charge in [-0.05, 0) is 29.1 Å². The number of hydrogen-bond donors (Lipinski definition) is 1. The monoisotopic (exact) mass is 283 g/mol. The van der Waals surface area contributed by atoms with Crippen LogP contribution in [0.25, 0.3) is 0 Å². The minimum atomic E-state index is -0.252. The summed E-state index contributed by atoms with van der Waals surface area (Å²) in [5.41, 5.74) is 7.15. The van der Waals surface area contributed by atoms with Crippen LogP contribution in [0.5, 0.6) is 11.5 Å². The highest BCUT2D eigenvalue weighted by Gasteiger charge is 2.16. The third kappa shape index (κ3) is 2.46. The SMILES string of the molecule is COc1ccc(C(N)c2sccc2Cl)cc1OC. The zero-order valence-corrected chi connectivity index (χ0v) is 11.7. The fraction of sp³-hybridized carbons (Fsp3) is 0.231. The van der Waals surface area contributed by atoms with Crippen molar-refractivity contribution in [2.24, 2.45) is 5.73 Å². The maximum Gasteiger partial charge on any atom is 0.161 e. The van der Waals surface area contributed by atoms with Crippen molar-refractivity contribution in [3.05, 3.63) is 45.1 Å². The molecule has 1 atom stereocenters. The summed E-state index contributed by atoms with van der Waals surface area (Å²) >= 11 is 7.64. The largest absolute Gasteiger partial charge is 0.493 e. The molecular weight excluding hydrogens is 270 g/mol. The predicted molar refractivity (Wildman–Crippen MR) is 74.9 cm³/mol. The molecule has 3 nitrogen and oxygen atoms in total. The molecule has 2 N–H and O–H groups in total. The summed E-state index contributed by atoms with van der Waals surface area (Å²) in [6.45, 7) is 0. The quantitative estimate of drug-likeness (QED) is 0.934. The Labute approximate surface area is 115 Å². The van der Waals surface area contributed by atoms with Gasteiger partial charge in [-0.1, -0.05) is 17.7 Å². The van der Waals surface area contributed by atoms with E-state index in [1.807, 2.05) is 29.6 Å². The third-order valence-corrected chi connectivity index (χ3v) is 4.14. The summed E-state index contributed by atoms with van der Waals surface area (Å²) in [7, 11) is 3.21. The molecule has 1 aromatic heterocycles. The van der Waals surface area contributed by atoms with Gasteiger partial charge in [0.05, 0.1) is 25.3 Å². The maximum atomic E-state index is 6.21. The Bertz CT molecular complexity index is 542. The Hall–Kier alpha value is -1.23. The van der Waals surface area contributed by atoms with E-state index in [2.05, 4.69) is 0 Å². The van der Waals surface area contributed by atoms with E-state index in [1.54, 1.807) is 25.6 Å². The second-order valence-electron chi connectivity index (χ2n) is 3.72. The molecule has 1 unspecified atom stereocenters. The van der Waals surface area contributed by atoms with Crippen LogP contribution in [0, 0.1) is 0 Å². The van der Waals surface area contributed by atoms with Crippen LogP contribution in [0.3, 0.4) is 0 Å². The van der Waals surface area contributed by atoms with Crippen molar-refractivity contribution >= 4 is 22.9 Å². The lowest BCUT2D eigenvalue weighted by molar-refractivity contribution is 0.354. The van der Waals surface area contributed by atoms with Gasteiger partial charge in [-0.25, -0.2) is 0 Å².